The van der Waals surface area contributed by atoms with Gasteiger partial charge in [-0.25, -0.2) is 4.98 Å². The number of pyridine rings is 1. The summed E-state index contributed by atoms with van der Waals surface area (Å²) >= 11 is 6.23. The van der Waals surface area contributed by atoms with Crippen LogP contribution in [0.1, 0.15) is 12.8 Å². The van der Waals surface area contributed by atoms with Gasteiger partial charge in [0.05, 0.1) is 11.6 Å². The van der Waals surface area contributed by atoms with E-state index in [2.05, 4.69) is 25.5 Å². The second-order valence-electron chi connectivity index (χ2n) is 6.07. The average Bonchev–Trinajstić information content (AvgIpc) is 3.23. The Morgan fingerprint density at radius 3 is 3.17 bits per heavy atom. The Kier molecular flexibility index (Phi) is 5.56. The molecular weight excluding hydrogens is 314 g/mol. The SMILES string of the molecule is CN=C(NCC1CCOC1)NC1CCN(c2ncccc2Cl)C1. The van der Waals surface area contributed by atoms with E-state index < -0.39 is 0 Å². The van der Waals surface area contributed by atoms with Crippen LogP contribution in [0.25, 0.3) is 0 Å². The average molecular weight is 338 g/mol. The van der Waals surface area contributed by atoms with Gasteiger partial charge in [0.1, 0.15) is 5.82 Å². The zero-order valence-electron chi connectivity index (χ0n) is 13.5. The van der Waals surface area contributed by atoms with Gasteiger partial charge < -0.3 is 20.3 Å². The molecule has 0 spiro atoms. The van der Waals surface area contributed by atoms with Gasteiger partial charge in [0, 0.05) is 51.4 Å². The lowest BCUT2D eigenvalue weighted by Crippen LogP contribution is -2.46. The predicted molar refractivity (Wildman–Crippen MR) is 93.3 cm³/mol. The highest BCUT2D eigenvalue weighted by Crippen LogP contribution is 2.25. The van der Waals surface area contributed by atoms with Crippen LogP contribution in [0.5, 0.6) is 0 Å². The summed E-state index contributed by atoms with van der Waals surface area (Å²) in [6.07, 6.45) is 3.95. The molecule has 2 unspecified atom stereocenters. The number of hydrogen-bond acceptors (Lipinski definition) is 4. The molecule has 3 rings (SSSR count). The molecule has 2 saturated heterocycles. The van der Waals surface area contributed by atoms with Crippen LogP contribution in [0.2, 0.25) is 5.02 Å². The largest absolute Gasteiger partial charge is 0.381 e. The van der Waals surface area contributed by atoms with Crippen LogP contribution in [0, 0.1) is 5.92 Å². The summed E-state index contributed by atoms with van der Waals surface area (Å²) in [5.74, 6) is 2.31. The third kappa shape index (κ3) is 4.26. The highest BCUT2D eigenvalue weighted by molar-refractivity contribution is 6.32. The van der Waals surface area contributed by atoms with Gasteiger partial charge in [-0.2, -0.15) is 0 Å². The van der Waals surface area contributed by atoms with Crippen molar-refractivity contribution in [3.05, 3.63) is 23.4 Å². The minimum absolute atomic E-state index is 0.346. The number of rotatable bonds is 4. The maximum atomic E-state index is 6.23. The summed E-state index contributed by atoms with van der Waals surface area (Å²) in [6, 6.07) is 4.09. The van der Waals surface area contributed by atoms with Crippen LogP contribution in [0.4, 0.5) is 5.82 Å². The molecule has 3 heterocycles. The molecule has 23 heavy (non-hydrogen) atoms. The first-order valence-electron chi connectivity index (χ1n) is 8.16. The van der Waals surface area contributed by atoms with Crippen LogP contribution in [0.15, 0.2) is 23.3 Å². The Balaban J connectivity index is 1.49. The Morgan fingerprint density at radius 1 is 1.52 bits per heavy atom. The molecule has 7 heteroatoms. The molecule has 126 valence electrons. The molecular formula is C16H24ClN5O. The minimum Gasteiger partial charge on any atom is -0.381 e. The maximum Gasteiger partial charge on any atom is 0.191 e. The smallest absolute Gasteiger partial charge is 0.191 e. The zero-order valence-corrected chi connectivity index (χ0v) is 14.2. The van der Waals surface area contributed by atoms with Crippen LogP contribution in [-0.2, 0) is 4.74 Å². The van der Waals surface area contributed by atoms with Crippen molar-refractivity contribution in [2.24, 2.45) is 10.9 Å². The fraction of sp³-hybridized carbons (Fsp3) is 0.625. The first-order chi connectivity index (χ1) is 11.3. The van der Waals surface area contributed by atoms with Crippen molar-refractivity contribution < 1.29 is 4.74 Å². The number of nitrogens with zero attached hydrogens (tertiary/aromatic N) is 3. The summed E-state index contributed by atoms with van der Waals surface area (Å²) in [5.41, 5.74) is 0. The molecule has 0 amide bonds. The first-order valence-corrected chi connectivity index (χ1v) is 8.54. The van der Waals surface area contributed by atoms with Crippen LogP contribution < -0.4 is 15.5 Å². The standard InChI is InChI=1S/C16H24ClN5O/c1-18-16(20-9-12-5-8-23-11-12)21-13-4-7-22(10-13)15-14(17)3-2-6-19-15/h2-3,6,12-13H,4-5,7-11H2,1H3,(H2,18,20,21). The van der Waals surface area contributed by atoms with Gasteiger partial charge in [-0.1, -0.05) is 11.6 Å². The monoisotopic (exact) mass is 337 g/mol. The van der Waals surface area contributed by atoms with Crippen LogP contribution >= 0.6 is 11.6 Å². The van der Waals surface area contributed by atoms with E-state index >= 15 is 0 Å². The number of guanidine groups is 1. The van der Waals surface area contributed by atoms with Crippen LogP contribution in [0.3, 0.4) is 0 Å². The first kappa shape index (κ1) is 16.3. The lowest BCUT2D eigenvalue weighted by molar-refractivity contribution is 0.186. The third-order valence-corrected chi connectivity index (χ3v) is 4.67. The predicted octanol–water partition coefficient (Wildman–Crippen LogP) is 1.52. The highest BCUT2D eigenvalue weighted by atomic mass is 35.5. The second-order valence-corrected chi connectivity index (χ2v) is 6.47. The summed E-state index contributed by atoms with van der Waals surface area (Å²) < 4.78 is 5.40. The summed E-state index contributed by atoms with van der Waals surface area (Å²) in [6.45, 7) is 4.45. The Hall–Kier alpha value is -1.53. The van der Waals surface area contributed by atoms with E-state index in [0.717, 1.165) is 57.5 Å². The summed E-state index contributed by atoms with van der Waals surface area (Å²) in [4.78, 5) is 10.9. The van der Waals surface area contributed by atoms with Gasteiger partial charge >= 0.3 is 0 Å². The van der Waals surface area contributed by atoms with Gasteiger partial charge in [-0.15, -0.1) is 0 Å². The summed E-state index contributed by atoms with van der Waals surface area (Å²) in [7, 11) is 1.81. The van der Waals surface area contributed by atoms with Gasteiger partial charge in [-0.05, 0) is 25.0 Å². The summed E-state index contributed by atoms with van der Waals surface area (Å²) in [5, 5.41) is 7.60. The van der Waals surface area contributed by atoms with Crippen molar-refractivity contribution >= 4 is 23.4 Å². The van der Waals surface area contributed by atoms with E-state index in [1.165, 1.54) is 0 Å². The minimum atomic E-state index is 0.346. The lowest BCUT2D eigenvalue weighted by Gasteiger charge is -2.21. The van der Waals surface area contributed by atoms with Crippen molar-refractivity contribution in [2.75, 3.05) is 44.8 Å². The van der Waals surface area contributed by atoms with Gasteiger partial charge in [0.2, 0.25) is 0 Å². The molecule has 0 aliphatic carbocycles. The molecule has 0 saturated carbocycles. The van der Waals surface area contributed by atoms with Crippen molar-refractivity contribution in [3.63, 3.8) is 0 Å². The normalized spacial score (nSPS) is 25.0. The molecule has 1 aromatic heterocycles. The molecule has 2 fully saturated rings. The van der Waals surface area contributed by atoms with Crippen molar-refractivity contribution in [1.29, 1.82) is 0 Å². The number of aromatic nitrogens is 1. The third-order valence-electron chi connectivity index (χ3n) is 4.37. The van der Waals surface area contributed by atoms with Gasteiger partial charge in [0.25, 0.3) is 0 Å². The van der Waals surface area contributed by atoms with Gasteiger partial charge in [0.15, 0.2) is 5.96 Å². The van der Waals surface area contributed by atoms with E-state index in [1.54, 1.807) is 6.20 Å². The molecule has 6 nitrogen and oxygen atoms in total. The highest BCUT2D eigenvalue weighted by Gasteiger charge is 2.25. The number of anilines is 1. The molecule has 1 aromatic rings. The van der Waals surface area contributed by atoms with Crippen molar-refractivity contribution in [3.8, 4) is 0 Å². The van der Waals surface area contributed by atoms with E-state index in [0.29, 0.717) is 17.0 Å². The Labute approximate surface area is 142 Å². The van der Waals surface area contributed by atoms with E-state index in [-0.39, 0.29) is 0 Å². The molecule has 2 atom stereocenters. The molecule has 0 bridgehead atoms. The quantitative estimate of drug-likeness (QED) is 0.644. The number of halogens is 1. The van der Waals surface area contributed by atoms with E-state index in [9.17, 15) is 0 Å². The number of hydrogen-bond donors (Lipinski definition) is 2. The number of ether oxygens (including phenoxy) is 1. The second kappa shape index (κ2) is 7.84. The number of nitrogens with one attached hydrogen (secondary N) is 2. The lowest BCUT2D eigenvalue weighted by atomic mass is 10.1. The molecule has 2 N–H and O–H groups in total. The van der Waals surface area contributed by atoms with Crippen LogP contribution in [-0.4, -0.2) is 56.9 Å². The fourth-order valence-electron chi connectivity index (χ4n) is 3.05. The Morgan fingerprint density at radius 2 is 2.43 bits per heavy atom. The van der Waals surface area contributed by atoms with Crippen molar-refractivity contribution in [1.82, 2.24) is 15.6 Å². The van der Waals surface area contributed by atoms with E-state index in [1.807, 2.05) is 19.2 Å². The van der Waals surface area contributed by atoms with Gasteiger partial charge in [-0.3, -0.25) is 4.99 Å². The maximum absolute atomic E-state index is 6.23. The molecule has 2 aliphatic rings. The zero-order chi connectivity index (χ0) is 16.1. The van der Waals surface area contributed by atoms with E-state index in [4.69, 9.17) is 16.3 Å². The topological polar surface area (TPSA) is 61.8 Å². The molecule has 0 radical (unpaired) electrons. The fourth-order valence-corrected chi connectivity index (χ4v) is 3.29. The number of aliphatic imine (C=N–C) groups is 1. The molecule has 2 aliphatic heterocycles. The molecule has 0 aromatic carbocycles. The van der Waals surface area contributed by atoms with Crippen molar-refractivity contribution in [2.45, 2.75) is 18.9 Å². The Bertz CT molecular complexity index is 547.